The van der Waals surface area contributed by atoms with Crippen LogP contribution in [0.2, 0.25) is 0 Å². The van der Waals surface area contributed by atoms with E-state index in [4.69, 9.17) is 9.47 Å². The molecule has 10 heteroatoms. The van der Waals surface area contributed by atoms with Gasteiger partial charge in [0.2, 0.25) is 10.0 Å². The minimum atomic E-state index is -4.21. The van der Waals surface area contributed by atoms with Crippen LogP contribution in [-0.2, 0) is 10.0 Å². The number of ether oxygens (including phenoxy) is 2. The third kappa shape index (κ3) is 4.96. The van der Waals surface area contributed by atoms with Crippen LogP contribution in [0.3, 0.4) is 0 Å². The molecule has 1 saturated heterocycles. The van der Waals surface area contributed by atoms with E-state index in [1.165, 1.54) is 12.0 Å². The Hall–Kier alpha value is -2.72. The fraction of sp³-hybridized carbons (Fsp3) is 0.435. The summed E-state index contributed by atoms with van der Waals surface area (Å²) in [5, 5.41) is 0. The monoisotopic (exact) mass is 480 g/mol. The maximum absolute atomic E-state index is 14.0. The van der Waals surface area contributed by atoms with Gasteiger partial charge in [-0.05, 0) is 62.1 Å². The Morgan fingerprint density at radius 2 is 1.67 bits per heavy atom. The first kappa shape index (κ1) is 23.4. The molecule has 1 heterocycles. The molecule has 0 bridgehead atoms. The number of piperazine rings is 1. The molecule has 2 aromatic rings. The van der Waals surface area contributed by atoms with Crippen molar-refractivity contribution in [2.75, 3.05) is 33.3 Å². The number of halogens is 2. The van der Waals surface area contributed by atoms with Gasteiger partial charge in [0.1, 0.15) is 16.5 Å². The maximum Gasteiger partial charge on any atom is 0.254 e. The average Bonchev–Trinajstić information content (AvgIpc) is 3.33. The normalized spacial score (nSPS) is 17.8. The molecule has 0 radical (unpaired) electrons. The molecule has 0 spiro atoms. The highest BCUT2D eigenvalue weighted by Crippen LogP contribution is 2.33. The predicted molar refractivity (Wildman–Crippen MR) is 117 cm³/mol. The van der Waals surface area contributed by atoms with Gasteiger partial charge in [0.15, 0.2) is 11.5 Å². The topological polar surface area (TPSA) is 76.2 Å². The summed E-state index contributed by atoms with van der Waals surface area (Å²) in [5.41, 5.74) is 0.401. The first-order chi connectivity index (χ1) is 15.8. The van der Waals surface area contributed by atoms with E-state index in [1.54, 1.807) is 18.2 Å². The highest BCUT2D eigenvalue weighted by molar-refractivity contribution is 7.89. The predicted octanol–water partition coefficient (Wildman–Crippen LogP) is 3.44. The largest absolute Gasteiger partial charge is 0.493 e. The minimum absolute atomic E-state index is 0.0238. The molecule has 0 atom stereocenters. The van der Waals surface area contributed by atoms with Crippen molar-refractivity contribution in [3.63, 3.8) is 0 Å². The molecule has 1 aliphatic heterocycles. The standard InChI is InChI=1S/C23H26F2N2O5S/c1-31-21-14-16(6-9-20(21)32-18-4-2-3-5-18)23(28)26-10-12-27(13-11-26)33(29,30)22-15-17(24)7-8-19(22)25/h6-9,14-15,18H,2-5,10-13H2,1H3. The lowest BCUT2D eigenvalue weighted by Gasteiger charge is -2.34. The van der Waals surface area contributed by atoms with Gasteiger partial charge in [-0.15, -0.1) is 0 Å². The highest BCUT2D eigenvalue weighted by atomic mass is 32.2. The van der Waals surface area contributed by atoms with Gasteiger partial charge in [0.05, 0.1) is 13.2 Å². The molecule has 2 aromatic carbocycles. The zero-order valence-corrected chi connectivity index (χ0v) is 19.1. The quantitative estimate of drug-likeness (QED) is 0.633. The molecule has 1 saturated carbocycles. The molecule has 0 unspecified atom stereocenters. The Labute approximate surface area is 191 Å². The first-order valence-electron chi connectivity index (χ1n) is 10.9. The summed E-state index contributed by atoms with van der Waals surface area (Å²) in [6, 6.07) is 7.33. The van der Waals surface area contributed by atoms with Crippen molar-refractivity contribution in [3.05, 3.63) is 53.6 Å². The van der Waals surface area contributed by atoms with Crippen LogP contribution in [-0.4, -0.2) is 62.9 Å². The van der Waals surface area contributed by atoms with Crippen molar-refractivity contribution >= 4 is 15.9 Å². The van der Waals surface area contributed by atoms with Crippen LogP contribution >= 0.6 is 0 Å². The number of hydrogen-bond acceptors (Lipinski definition) is 5. The van der Waals surface area contributed by atoms with Gasteiger partial charge < -0.3 is 14.4 Å². The van der Waals surface area contributed by atoms with Crippen LogP contribution in [0.15, 0.2) is 41.3 Å². The van der Waals surface area contributed by atoms with Gasteiger partial charge in [-0.1, -0.05) is 0 Å². The molecule has 7 nitrogen and oxygen atoms in total. The fourth-order valence-corrected chi connectivity index (χ4v) is 5.71. The summed E-state index contributed by atoms with van der Waals surface area (Å²) in [5.74, 6) is -1.06. The minimum Gasteiger partial charge on any atom is -0.493 e. The molecule has 1 amide bonds. The van der Waals surface area contributed by atoms with Gasteiger partial charge >= 0.3 is 0 Å². The van der Waals surface area contributed by atoms with Crippen molar-refractivity contribution in [1.29, 1.82) is 0 Å². The molecule has 4 rings (SSSR count). The number of hydrogen-bond donors (Lipinski definition) is 0. The lowest BCUT2D eigenvalue weighted by molar-refractivity contribution is 0.0697. The van der Waals surface area contributed by atoms with Crippen LogP contribution in [0.5, 0.6) is 11.5 Å². The van der Waals surface area contributed by atoms with Crippen molar-refractivity contribution in [2.24, 2.45) is 0 Å². The molecule has 0 aromatic heterocycles. The highest BCUT2D eigenvalue weighted by Gasteiger charge is 2.32. The van der Waals surface area contributed by atoms with E-state index in [0.29, 0.717) is 23.1 Å². The average molecular weight is 481 g/mol. The lowest BCUT2D eigenvalue weighted by atomic mass is 10.1. The number of carbonyl (C=O) groups excluding carboxylic acids is 1. The number of rotatable bonds is 6. The maximum atomic E-state index is 14.0. The molecule has 2 aliphatic rings. The van der Waals surface area contributed by atoms with Crippen molar-refractivity contribution in [2.45, 2.75) is 36.7 Å². The SMILES string of the molecule is COc1cc(C(=O)N2CCN(S(=O)(=O)c3cc(F)ccc3F)CC2)ccc1OC1CCCC1. The fourth-order valence-electron chi connectivity index (χ4n) is 4.21. The number of sulfonamides is 1. The summed E-state index contributed by atoms with van der Waals surface area (Å²) in [6.45, 7) is 0.198. The van der Waals surface area contributed by atoms with E-state index in [2.05, 4.69) is 0 Å². The Bertz CT molecular complexity index is 1130. The first-order valence-corrected chi connectivity index (χ1v) is 12.3. The Balaban J connectivity index is 1.43. The van der Waals surface area contributed by atoms with Gasteiger partial charge in [-0.25, -0.2) is 17.2 Å². The number of amides is 1. The van der Waals surface area contributed by atoms with Gasteiger partial charge in [-0.2, -0.15) is 4.31 Å². The van der Waals surface area contributed by atoms with E-state index >= 15 is 0 Å². The summed E-state index contributed by atoms with van der Waals surface area (Å²) in [4.78, 5) is 13.8. The van der Waals surface area contributed by atoms with E-state index in [-0.39, 0.29) is 38.2 Å². The Morgan fingerprint density at radius 3 is 2.33 bits per heavy atom. The molecule has 2 fully saturated rings. The zero-order valence-electron chi connectivity index (χ0n) is 18.3. The third-order valence-electron chi connectivity index (χ3n) is 6.04. The summed E-state index contributed by atoms with van der Waals surface area (Å²) >= 11 is 0. The summed E-state index contributed by atoms with van der Waals surface area (Å²) in [6.07, 6.45) is 4.42. The van der Waals surface area contributed by atoms with Crippen LogP contribution in [0.1, 0.15) is 36.0 Å². The molecule has 1 aliphatic carbocycles. The van der Waals surface area contributed by atoms with E-state index in [0.717, 1.165) is 42.1 Å². The molecular formula is C23H26F2N2O5S. The van der Waals surface area contributed by atoms with Gasteiger partial charge in [0.25, 0.3) is 5.91 Å². The van der Waals surface area contributed by atoms with Gasteiger partial charge in [-0.3, -0.25) is 4.79 Å². The second-order valence-electron chi connectivity index (χ2n) is 8.16. The number of benzene rings is 2. The van der Waals surface area contributed by atoms with Crippen molar-refractivity contribution in [3.8, 4) is 11.5 Å². The zero-order chi connectivity index (χ0) is 23.6. The van der Waals surface area contributed by atoms with E-state index < -0.39 is 26.6 Å². The second-order valence-corrected chi connectivity index (χ2v) is 10.1. The number of methoxy groups -OCH3 is 1. The van der Waals surface area contributed by atoms with Crippen LogP contribution < -0.4 is 9.47 Å². The molecule has 33 heavy (non-hydrogen) atoms. The van der Waals surface area contributed by atoms with E-state index in [1.807, 2.05) is 0 Å². The Kier molecular flexibility index (Phi) is 6.85. The van der Waals surface area contributed by atoms with Crippen molar-refractivity contribution in [1.82, 2.24) is 9.21 Å². The number of nitrogens with zero attached hydrogens (tertiary/aromatic N) is 2. The molecule has 0 N–H and O–H groups in total. The van der Waals surface area contributed by atoms with E-state index in [9.17, 15) is 22.0 Å². The molecule has 178 valence electrons. The van der Waals surface area contributed by atoms with Crippen molar-refractivity contribution < 1.29 is 31.5 Å². The summed E-state index contributed by atoms with van der Waals surface area (Å²) < 4.78 is 65.5. The molecular weight excluding hydrogens is 454 g/mol. The Morgan fingerprint density at radius 1 is 0.970 bits per heavy atom. The number of carbonyl (C=O) groups is 1. The van der Waals surface area contributed by atoms with Gasteiger partial charge in [0, 0.05) is 31.7 Å². The lowest BCUT2D eigenvalue weighted by Crippen LogP contribution is -2.50. The third-order valence-corrected chi connectivity index (χ3v) is 7.96. The van der Waals surface area contributed by atoms with Crippen LogP contribution in [0.4, 0.5) is 8.78 Å². The second kappa shape index (κ2) is 9.64. The van der Waals surface area contributed by atoms with Crippen LogP contribution in [0.25, 0.3) is 0 Å². The van der Waals surface area contributed by atoms with Crippen LogP contribution in [0, 0.1) is 11.6 Å². The summed E-state index contributed by atoms with van der Waals surface area (Å²) in [7, 11) is -2.70. The smallest absolute Gasteiger partial charge is 0.254 e.